The van der Waals surface area contributed by atoms with Crippen molar-refractivity contribution in [1.82, 2.24) is 15.1 Å². The fourth-order valence-electron chi connectivity index (χ4n) is 3.00. The molecule has 0 aliphatic carbocycles. The summed E-state index contributed by atoms with van der Waals surface area (Å²) in [6.45, 7) is 5.69. The third-order valence-corrected chi connectivity index (χ3v) is 5.27. The van der Waals surface area contributed by atoms with E-state index in [1.54, 1.807) is 11.3 Å². The van der Waals surface area contributed by atoms with E-state index in [0.29, 0.717) is 5.92 Å². The second-order valence-electron chi connectivity index (χ2n) is 5.84. The number of aromatic nitrogens is 2. The highest BCUT2D eigenvalue weighted by molar-refractivity contribution is 7.10. The van der Waals surface area contributed by atoms with Crippen LogP contribution in [0.4, 0.5) is 0 Å². The van der Waals surface area contributed by atoms with Crippen LogP contribution in [-0.2, 0) is 4.79 Å². The zero-order valence-electron chi connectivity index (χ0n) is 12.5. The van der Waals surface area contributed by atoms with Crippen LogP contribution >= 0.6 is 11.3 Å². The maximum atomic E-state index is 12.7. The van der Waals surface area contributed by atoms with Gasteiger partial charge in [-0.25, -0.2) is 0 Å². The summed E-state index contributed by atoms with van der Waals surface area (Å²) in [4.78, 5) is 15.9. The van der Waals surface area contributed by atoms with Gasteiger partial charge in [0.05, 0.1) is 11.6 Å². The number of amides is 1. The van der Waals surface area contributed by atoms with E-state index >= 15 is 0 Å². The van der Waals surface area contributed by atoms with Gasteiger partial charge in [-0.15, -0.1) is 11.3 Å². The Labute approximate surface area is 129 Å². The Morgan fingerprint density at radius 1 is 1.57 bits per heavy atom. The minimum atomic E-state index is -0.0373. The van der Waals surface area contributed by atoms with E-state index < -0.39 is 0 Å². The number of aromatic amines is 1. The van der Waals surface area contributed by atoms with Gasteiger partial charge in [0, 0.05) is 29.6 Å². The number of rotatable bonds is 3. The maximum Gasteiger partial charge on any atom is 0.230 e. The predicted octanol–water partition coefficient (Wildman–Crippen LogP) is 3.29. The molecule has 1 aliphatic rings. The van der Waals surface area contributed by atoms with Gasteiger partial charge in [-0.3, -0.25) is 9.89 Å². The molecule has 1 saturated heterocycles. The van der Waals surface area contributed by atoms with Crippen molar-refractivity contribution in [2.45, 2.75) is 38.5 Å². The summed E-state index contributed by atoms with van der Waals surface area (Å²) in [5.74, 6) is 0.572. The van der Waals surface area contributed by atoms with Crippen LogP contribution in [0.25, 0.3) is 0 Å². The molecule has 2 atom stereocenters. The van der Waals surface area contributed by atoms with Gasteiger partial charge < -0.3 is 4.90 Å². The van der Waals surface area contributed by atoms with Crippen LogP contribution in [0.5, 0.6) is 0 Å². The molecule has 3 rings (SSSR count). The first kappa shape index (κ1) is 14.3. The molecular weight excluding hydrogens is 282 g/mol. The van der Waals surface area contributed by atoms with Crippen LogP contribution in [0.1, 0.15) is 47.9 Å². The zero-order chi connectivity index (χ0) is 14.8. The molecular formula is C16H21N3OS. The second kappa shape index (κ2) is 6.02. The number of nitrogens with zero attached hydrogens (tertiary/aromatic N) is 2. The Balaban J connectivity index is 1.69. The molecule has 2 aromatic heterocycles. The van der Waals surface area contributed by atoms with Crippen molar-refractivity contribution in [1.29, 1.82) is 0 Å². The molecule has 2 aromatic rings. The minimum Gasteiger partial charge on any atom is -0.341 e. The number of thiophene rings is 1. The van der Waals surface area contributed by atoms with Crippen molar-refractivity contribution >= 4 is 17.2 Å². The first-order valence-corrected chi connectivity index (χ1v) is 8.37. The molecule has 0 saturated carbocycles. The van der Waals surface area contributed by atoms with E-state index in [1.807, 2.05) is 36.3 Å². The number of hydrogen-bond donors (Lipinski definition) is 1. The molecule has 1 amide bonds. The molecule has 0 unspecified atom stereocenters. The van der Waals surface area contributed by atoms with E-state index in [1.165, 1.54) is 0 Å². The summed E-state index contributed by atoms with van der Waals surface area (Å²) in [5.41, 5.74) is 2.18. The SMILES string of the molecule is Cc1cc([C@H]2CCCN(C(=O)[C@@H](C)c3cccs3)C2)n[nH]1. The van der Waals surface area contributed by atoms with Gasteiger partial charge in [0.25, 0.3) is 0 Å². The summed E-state index contributed by atoms with van der Waals surface area (Å²) in [7, 11) is 0. The molecule has 1 N–H and O–H groups in total. The molecule has 0 bridgehead atoms. The van der Waals surface area contributed by atoms with Crippen molar-refractivity contribution in [2.75, 3.05) is 13.1 Å². The predicted molar refractivity (Wildman–Crippen MR) is 84.6 cm³/mol. The Kier molecular flexibility index (Phi) is 4.10. The third kappa shape index (κ3) is 3.02. The molecule has 0 radical (unpaired) electrons. The quantitative estimate of drug-likeness (QED) is 0.946. The molecule has 3 heterocycles. The fourth-order valence-corrected chi connectivity index (χ4v) is 3.78. The summed E-state index contributed by atoms with van der Waals surface area (Å²) in [5, 5.41) is 9.40. The second-order valence-corrected chi connectivity index (χ2v) is 6.82. The van der Waals surface area contributed by atoms with Crippen molar-refractivity contribution in [3.05, 3.63) is 39.8 Å². The summed E-state index contributed by atoms with van der Waals surface area (Å²) < 4.78 is 0. The van der Waals surface area contributed by atoms with E-state index in [-0.39, 0.29) is 11.8 Å². The van der Waals surface area contributed by atoms with Crippen LogP contribution in [-0.4, -0.2) is 34.1 Å². The monoisotopic (exact) mass is 303 g/mol. The molecule has 4 nitrogen and oxygen atoms in total. The molecule has 112 valence electrons. The molecule has 0 spiro atoms. The molecule has 1 fully saturated rings. The standard InChI is InChI=1S/C16H21N3OS/c1-11-9-14(18-17-11)13-5-3-7-19(10-13)16(20)12(2)15-6-4-8-21-15/h4,6,8-9,12-13H,3,5,7,10H2,1-2H3,(H,17,18)/t12-,13-/m0/s1. The Hall–Kier alpha value is -1.62. The van der Waals surface area contributed by atoms with Crippen LogP contribution in [0.3, 0.4) is 0 Å². The number of nitrogens with one attached hydrogen (secondary N) is 1. The minimum absolute atomic E-state index is 0.0373. The van der Waals surface area contributed by atoms with Gasteiger partial charge in [0.1, 0.15) is 0 Å². The largest absolute Gasteiger partial charge is 0.341 e. The topological polar surface area (TPSA) is 49.0 Å². The van der Waals surface area contributed by atoms with Crippen LogP contribution in [0, 0.1) is 6.92 Å². The average molecular weight is 303 g/mol. The smallest absolute Gasteiger partial charge is 0.230 e. The summed E-state index contributed by atoms with van der Waals surface area (Å²) >= 11 is 1.66. The van der Waals surface area contributed by atoms with E-state index in [4.69, 9.17) is 0 Å². The lowest BCUT2D eigenvalue weighted by Crippen LogP contribution is -2.41. The maximum absolute atomic E-state index is 12.7. The number of hydrogen-bond acceptors (Lipinski definition) is 3. The number of carbonyl (C=O) groups excluding carboxylic acids is 1. The average Bonchev–Trinajstić information content (AvgIpc) is 3.17. The molecule has 1 aliphatic heterocycles. The number of H-pyrrole nitrogens is 1. The van der Waals surface area contributed by atoms with Gasteiger partial charge in [0.2, 0.25) is 5.91 Å². The van der Waals surface area contributed by atoms with Crippen LogP contribution < -0.4 is 0 Å². The fraction of sp³-hybridized carbons (Fsp3) is 0.500. The lowest BCUT2D eigenvalue weighted by Gasteiger charge is -2.33. The van der Waals surface area contributed by atoms with Crippen LogP contribution in [0.2, 0.25) is 0 Å². The first-order chi connectivity index (χ1) is 10.1. The first-order valence-electron chi connectivity index (χ1n) is 7.49. The van der Waals surface area contributed by atoms with Crippen molar-refractivity contribution < 1.29 is 4.79 Å². The Bertz CT molecular complexity index is 605. The number of likely N-dealkylation sites (tertiary alicyclic amines) is 1. The molecule has 21 heavy (non-hydrogen) atoms. The van der Waals surface area contributed by atoms with Gasteiger partial charge in [-0.1, -0.05) is 6.07 Å². The van der Waals surface area contributed by atoms with E-state index in [2.05, 4.69) is 16.3 Å². The number of piperidine rings is 1. The highest BCUT2D eigenvalue weighted by atomic mass is 32.1. The highest BCUT2D eigenvalue weighted by Crippen LogP contribution is 2.29. The van der Waals surface area contributed by atoms with E-state index in [9.17, 15) is 4.79 Å². The normalized spacial score (nSPS) is 20.5. The number of carbonyl (C=O) groups is 1. The van der Waals surface area contributed by atoms with Gasteiger partial charge >= 0.3 is 0 Å². The van der Waals surface area contributed by atoms with Gasteiger partial charge in [-0.2, -0.15) is 5.10 Å². The molecule has 0 aromatic carbocycles. The van der Waals surface area contributed by atoms with Crippen molar-refractivity contribution in [3.8, 4) is 0 Å². The van der Waals surface area contributed by atoms with Crippen molar-refractivity contribution in [2.24, 2.45) is 0 Å². The van der Waals surface area contributed by atoms with Crippen LogP contribution in [0.15, 0.2) is 23.6 Å². The Morgan fingerprint density at radius 2 is 2.43 bits per heavy atom. The lowest BCUT2D eigenvalue weighted by molar-refractivity contribution is -0.133. The summed E-state index contributed by atoms with van der Waals surface area (Å²) in [6.07, 6.45) is 2.17. The number of aryl methyl sites for hydroxylation is 1. The van der Waals surface area contributed by atoms with Gasteiger partial charge in [0.15, 0.2) is 0 Å². The third-order valence-electron chi connectivity index (χ3n) is 4.22. The summed E-state index contributed by atoms with van der Waals surface area (Å²) in [6, 6.07) is 6.16. The highest BCUT2D eigenvalue weighted by Gasteiger charge is 2.29. The Morgan fingerprint density at radius 3 is 3.10 bits per heavy atom. The molecule has 5 heteroatoms. The zero-order valence-corrected chi connectivity index (χ0v) is 13.3. The van der Waals surface area contributed by atoms with Gasteiger partial charge in [-0.05, 0) is 44.2 Å². The van der Waals surface area contributed by atoms with E-state index in [0.717, 1.165) is 42.2 Å². The van der Waals surface area contributed by atoms with Crippen molar-refractivity contribution in [3.63, 3.8) is 0 Å². The lowest BCUT2D eigenvalue weighted by atomic mass is 9.93.